The van der Waals surface area contributed by atoms with Gasteiger partial charge in [-0.05, 0) is 37.7 Å². The van der Waals surface area contributed by atoms with E-state index in [4.69, 9.17) is 0 Å². The molecule has 0 spiro atoms. The molecule has 5 nitrogen and oxygen atoms in total. The number of anilines is 1. The normalized spacial score (nSPS) is 11.5. The summed E-state index contributed by atoms with van der Waals surface area (Å²) in [5.74, 6) is 0. The van der Waals surface area contributed by atoms with Gasteiger partial charge in [-0.15, -0.1) is 6.58 Å². The van der Waals surface area contributed by atoms with Gasteiger partial charge in [-0.3, -0.25) is 9.21 Å². The summed E-state index contributed by atoms with van der Waals surface area (Å²) in [7, 11) is -1.82. The Kier molecular flexibility index (Phi) is 6.97. The van der Waals surface area contributed by atoms with Crippen molar-refractivity contribution in [1.29, 1.82) is 0 Å². The van der Waals surface area contributed by atoms with Gasteiger partial charge in [0.1, 0.15) is 0 Å². The number of rotatable bonds is 9. The zero-order valence-electron chi connectivity index (χ0n) is 15.3. The number of sulfonamides is 1. The molecule has 0 heterocycles. The summed E-state index contributed by atoms with van der Waals surface area (Å²) in [4.78, 5) is 2.26. The van der Waals surface area contributed by atoms with Crippen LogP contribution in [0.4, 0.5) is 5.69 Å². The number of aryl methyl sites for hydroxylation is 1. The summed E-state index contributed by atoms with van der Waals surface area (Å²) in [6.07, 6.45) is 1.80. The molecule has 0 saturated carbocycles. The minimum Gasteiger partial charge on any atom is -0.394 e. The molecule has 2 aromatic carbocycles. The molecule has 0 unspecified atom stereocenters. The fourth-order valence-corrected chi connectivity index (χ4v) is 4.26. The van der Waals surface area contributed by atoms with E-state index in [0.29, 0.717) is 18.8 Å². The Hall–Kier alpha value is -2.15. The van der Waals surface area contributed by atoms with Crippen molar-refractivity contribution in [2.45, 2.75) is 18.4 Å². The highest BCUT2D eigenvalue weighted by Crippen LogP contribution is 2.28. The third-order valence-corrected chi connectivity index (χ3v) is 5.88. The van der Waals surface area contributed by atoms with Crippen LogP contribution in [-0.4, -0.2) is 45.2 Å². The van der Waals surface area contributed by atoms with E-state index in [1.807, 2.05) is 31.0 Å². The van der Waals surface area contributed by atoms with Crippen LogP contribution >= 0.6 is 0 Å². The van der Waals surface area contributed by atoms with Gasteiger partial charge in [0.25, 0.3) is 10.0 Å². The summed E-state index contributed by atoms with van der Waals surface area (Å²) in [6.45, 7) is 6.65. The molecule has 6 heteroatoms. The average molecular weight is 375 g/mol. The highest BCUT2D eigenvalue weighted by Gasteiger charge is 2.26. The summed E-state index contributed by atoms with van der Waals surface area (Å²) in [6, 6.07) is 14.1. The maximum Gasteiger partial charge on any atom is 0.264 e. The maximum absolute atomic E-state index is 13.2. The van der Waals surface area contributed by atoms with Gasteiger partial charge in [0.15, 0.2) is 0 Å². The lowest BCUT2D eigenvalue weighted by atomic mass is 10.1. The molecule has 2 aromatic rings. The van der Waals surface area contributed by atoms with Gasteiger partial charge in [0.2, 0.25) is 0 Å². The number of aliphatic hydroxyl groups excluding tert-OH is 1. The number of para-hydroxylation sites is 1. The van der Waals surface area contributed by atoms with Crippen LogP contribution in [0.3, 0.4) is 0 Å². The molecular weight excluding hydrogens is 348 g/mol. The van der Waals surface area contributed by atoms with Crippen molar-refractivity contribution in [3.63, 3.8) is 0 Å². The summed E-state index contributed by atoms with van der Waals surface area (Å²) in [5, 5.41) is 9.48. The molecule has 0 aliphatic rings. The lowest BCUT2D eigenvalue weighted by Crippen LogP contribution is -2.35. The van der Waals surface area contributed by atoms with E-state index in [0.717, 1.165) is 11.1 Å². The second-order valence-electron chi connectivity index (χ2n) is 6.23. The number of benzene rings is 2. The molecule has 2 rings (SSSR count). The fraction of sp³-hybridized carbons (Fsp3) is 0.300. The number of hydrogen-bond acceptors (Lipinski definition) is 4. The number of hydrogen-bond donors (Lipinski definition) is 1. The Bertz CT molecular complexity index is 832. The second-order valence-corrected chi connectivity index (χ2v) is 8.09. The van der Waals surface area contributed by atoms with Crippen LogP contribution in [0.15, 0.2) is 66.1 Å². The molecular formula is C20H26N2O3S. The van der Waals surface area contributed by atoms with Crippen LogP contribution in [0.2, 0.25) is 0 Å². The molecule has 0 bridgehead atoms. The number of nitrogens with zero attached hydrogens (tertiary/aromatic N) is 2. The van der Waals surface area contributed by atoms with Gasteiger partial charge in [0.05, 0.1) is 23.7 Å². The predicted molar refractivity (Wildman–Crippen MR) is 106 cm³/mol. The lowest BCUT2D eigenvalue weighted by molar-refractivity contribution is 0.306. The van der Waals surface area contributed by atoms with Gasteiger partial charge >= 0.3 is 0 Å². The minimum absolute atomic E-state index is 0.00159. The molecule has 0 aliphatic carbocycles. The largest absolute Gasteiger partial charge is 0.394 e. The van der Waals surface area contributed by atoms with Crippen LogP contribution in [0.1, 0.15) is 11.1 Å². The van der Waals surface area contributed by atoms with E-state index in [2.05, 4.69) is 6.58 Å². The van der Waals surface area contributed by atoms with Gasteiger partial charge in [-0.25, -0.2) is 8.42 Å². The quantitative estimate of drug-likeness (QED) is 0.686. The van der Waals surface area contributed by atoms with Crippen molar-refractivity contribution in [3.05, 3.63) is 72.3 Å². The topological polar surface area (TPSA) is 60.9 Å². The standard InChI is InChI=1S/C20H26N2O3S/c1-4-13-21(3)16-18-7-5-6-8-20(18)22(14-15-23)26(24,25)19-11-9-17(2)10-12-19/h4-12,23H,1,13-16H2,2-3H3. The Morgan fingerprint density at radius 1 is 1.12 bits per heavy atom. The predicted octanol–water partition coefficient (Wildman–Crippen LogP) is 2.80. The van der Waals surface area contributed by atoms with E-state index < -0.39 is 10.0 Å². The van der Waals surface area contributed by atoms with Crippen molar-refractivity contribution in [3.8, 4) is 0 Å². The maximum atomic E-state index is 13.2. The van der Waals surface area contributed by atoms with Crippen LogP contribution in [-0.2, 0) is 16.6 Å². The Labute approximate surface area is 156 Å². The molecule has 140 valence electrons. The third kappa shape index (κ3) is 4.72. The fourth-order valence-electron chi connectivity index (χ4n) is 2.76. The number of likely N-dealkylation sites (N-methyl/N-ethyl adjacent to an activating group) is 1. The van der Waals surface area contributed by atoms with Crippen molar-refractivity contribution >= 4 is 15.7 Å². The molecule has 1 N–H and O–H groups in total. The Morgan fingerprint density at radius 2 is 1.77 bits per heavy atom. The van der Waals surface area contributed by atoms with Crippen molar-refractivity contribution in [2.75, 3.05) is 31.0 Å². The Morgan fingerprint density at radius 3 is 2.38 bits per heavy atom. The average Bonchev–Trinajstić information content (AvgIpc) is 2.61. The Balaban J connectivity index is 2.47. The molecule has 0 radical (unpaired) electrons. The van der Waals surface area contributed by atoms with Gasteiger partial charge < -0.3 is 5.11 Å². The van der Waals surface area contributed by atoms with Gasteiger partial charge in [-0.1, -0.05) is 42.0 Å². The molecule has 0 aliphatic heterocycles. The molecule has 0 aromatic heterocycles. The van der Waals surface area contributed by atoms with Crippen molar-refractivity contribution in [2.24, 2.45) is 0 Å². The minimum atomic E-state index is -3.77. The zero-order chi connectivity index (χ0) is 19.2. The molecule has 0 atom stereocenters. The third-order valence-electron chi connectivity index (χ3n) is 4.05. The summed E-state index contributed by atoms with van der Waals surface area (Å²) < 4.78 is 27.7. The molecule has 0 fully saturated rings. The first-order valence-corrected chi connectivity index (χ1v) is 9.91. The van der Waals surface area contributed by atoms with Gasteiger partial charge in [-0.2, -0.15) is 0 Å². The SMILES string of the molecule is C=CCN(C)Cc1ccccc1N(CCO)S(=O)(=O)c1ccc(C)cc1. The smallest absolute Gasteiger partial charge is 0.264 e. The first-order chi connectivity index (χ1) is 12.4. The van der Waals surface area contributed by atoms with Crippen LogP contribution in [0.5, 0.6) is 0 Å². The van der Waals surface area contributed by atoms with Crippen LogP contribution in [0.25, 0.3) is 0 Å². The zero-order valence-corrected chi connectivity index (χ0v) is 16.1. The first-order valence-electron chi connectivity index (χ1n) is 8.47. The van der Waals surface area contributed by atoms with E-state index in [9.17, 15) is 13.5 Å². The summed E-state index contributed by atoms with van der Waals surface area (Å²) in [5.41, 5.74) is 2.45. The number of aliphatic hydroxyl groups is 1. The second kappa shape index (κ2) is 8.98. The van der Waals surface area contributed by atoms with Gasteiger partial charge in [0, 0.05) is 13.1 Å². The van der Waals surface area contributed by atoms with Crippen LogP contribution in [0, 0.1) is 6.92 Å². The van der Waals surface area contributed by atoms with E-state index >= 15 is 0 Å². The van der Waals surface area contributed by atoms with Crippen molar-refractivity contribution in [1.82, 2.24) is 4.90 Å². The van der Waals surface area contributed by atoms with Crippen molar-refractivity contribution < 1.29 is 13.5 Å². The summed E-state index contributed by atoms with van der Waals surface area (Å²) >= 11 is 0. The molecule has 0 amide bonds. The highest BCUT2D eigenvalue weighted by molar-refractivity contribution is 7.92. The monoisotopic (exact) mass is 374 g/mol. The van der Waals surface area contributed by atoms with Crippen LogP contribution < -0.4 is 4.31 Å². The van der Waals surface area contributed by atoms with E-state index in [1.54, 1.807) is 42.5 Å². The van der Waals surface area contributed by atoms with E-state index in [-0.39, 0.29) is 18.0 Å². The molecule has 26 heavy (non-hydrogen) atoms. The highest BCUT2D eigenvalue weighted by atomic mass is 32.2. The lowest BCUT2D eigenvalue weighted by Gasteiger charge is -2.27. The van der Waals surface area contributed by atoms with E-state index in [1.165, 1.54) is 4.31 Å². The molecule has 0 saturated heterocycles. The first kappa shape index (κ1) is 20.2.